The number of aromatic nitrogens is 5. The van der Waals surface area contributed by atoms with Crippen molar-refractivity contribution in [3.8, 4) is 0 Å². The SMILES string of the molecule is CC(=NNc1nnc2c(n1)[nH]c1cc(Cl)ccc12)c1ccccn1. The predicted molar refractivity (Wildman–Crippen MR) is 94.3 cm³/mol. The van der Waals surface area contributed by atoms with Crippen molar-refractivity contribution < 1.29 is 0 Å². The fourth-order valence-electron chi connectivity index (χ4n) is 2.36. The van der Waals surface area contributed by atoms with Crippen LogP contribution in [0.4, 0.5) is 5.95 Å². The maximum Gasteiger partial charge on any atom is 0.265 e. The fourth-order valence-corrected chi connectivity index (χ4v) is 2.54. The largest absolute Gasteiger partial charge is 0.338 e. The summed E-state index contributed by atoms with van der Waals surface area (Å²) in [5.74, 6) is 0.301. The second-order valence-corrected chi connectivity index (χ2v) is 5.61. The zero-order valence-electron chi connectivity index (χ0n) is 12.7. The van der Waals surface area contributed by atoms with E-state index >= 15 is 0 Å². The quantitative estimate of drug-likeness (QED) is 0.441. The molecule has 0 amide bonds. The summed E-state index contributed by atoms with van der Waals surface area (Å²) in [6.07, 6.45) is 1.72. The molecule has 0 saturated carbocycles. The molecular weight excluding hydrogens is 326 g/mol. The molecule has 0 spiro atoms. The second-order valence-electron chi connectivity index (χ2n) is 5.17. The number of rotatable bonds is 3. The number of anilines is 1. The van der Waals surface area contributed by atoms with E-state index in [1.54, 1.807) is 6.20 Å². The molecule has 0 aliphatic rings. The summed E-state index contributed by atoms with van der Waals surface area (Å²) in [5, 5.41) is 14.1. The molecule has 0 unspecified atom stereocenters. The van der Waals surface area contributed by atoms with E-state index in [0.717, 1.165) is 22.3 Å². The number of nitrogens with zero attached hydrogens (tertiary/aromatic N) is 5. The number of benzene rings is 1. The van der Waals surface area contributed by atoms with E-state index in [2.05, 4.69) is 35.7 Å². The minimum Gasteiger partial charge on any atom is -0.338 e. The number of aromatic amines is 1. The molecule has 3 heterocycles. The van der Waals surface area contributed by atoms with Crippen LogP contribution in [-0.4, -0.2) is 30.9 Å². The molecular formula is C16H12ClN7. The topological polar surface area (TPSA) is 91.7 Å². The van der Waals surface area contributed by atoms with Crippen molar-refractivity contribution in [1.29, 1.82) is 0 Å². The third-order valence-electron chi connectivity index (χ3n) is 3.54. The van der Waals surface area contributed by atoms with Crippen LogP contribution in [0.5, 0.6) is 0 Å². The molecule has 8 heteroatoms. The number of hydrogen-bond acceptors (Lipinski definition) is 6. The van der Waals surface area contributed by atoms with E-state index < -0.39 is 0 Å². The summed E-state index contributed by atoms with van der Waals surface area (Å²) < 4.78 is 0. The van der Waals surface area contributed by atoms with Gasteiger partial charge < -0.3 is 4.98 Å². The molecule has 4 aromatic rings. The molecule has 2 N–H and O–H groups in total. The fraction of sp³-hybridized carbons (Fsp3) is 0.0625. The first-order valence-corrected chi connectivity index (χ1v) is 7.62. The summed E-state index contributed by atoms with van der Waals surface area (Å²) in [5.41, 5.74) is 6.49. The van der Waals surface area contributed by atoms with Crippen LogP contribution in [0.2, 0.25) is 5.02 Å². The maximum absolute atomic E-state index is 6.01. The van der Waals surface area contributed by atoms with Gasteiger partial charge in [0.05, 0.1) is 16.9 Å². The highest BCUT2D eigenvalue weighted by Crippen LogP contribution is 2.25. The van der Waals surface area contributed by atoms with Gasteiger partial charge >= 0.3 is 0 Å². The second kappa shape index (κ2) is 5.86. The number of fused-ring (bicyclic) bond motifs is 3. The molecule has 0 radical (unpaired) electrons. The Labute approximate surface area is 141 Å². The molecule has 1 aromatic carbocycles. The lowest BCUT2D eigenvalue weighted by Crippen LogP contribution is -2.04. The van der Waals surface area contributed by atoms with Gasteiger partial charge in [-0.1, -0.05) is 17.7 Å². The smallest absolute Gasteiger partial charge is 0.265 e. The van der Waals surface area contributed by atoms with Crippen molar-refractivity contribution in [2.45, 2.75) is 6.92 Å². The number of nitrogens with one attached hydrogen (secondary N) is 2. The molecule has 0 saturated heterocycles. The Morgan fingerprint density at radius 1 is 1.21 bits per heavy atom. The highest BCUT2D eigenvalue weighted by atomic mass is 35.5. The van der Waals surface area contributed by atoms with E-state index in [1.807, 2.05) is 43.3 Å². The number of hydrazone groups is 1. The van der Waals surface area contributed by atoms with Gasteiger partial charge in [0, 0.05) is 16.6 Å². The molecule has 4 rings (SSSR count). The first-order chi connectivity index (χ1) is 11.7. The Hall–Kier alpha value is -3.06. The monoisotopic (exact) mass is 337 g/mol. The van der Waals surface area contributed by atoms with Gasteiger partial charge in [0.15, 0.2) is 5.65 Å². The zero-order valence-corrected chi connectivity index (χ0v) is 13.4. The highest BCUT2D eigenvalue weighted by molar-refractivity contribution is 6.31. The summed E-state index contributed by atoms with van der Waals surface area (Å²) in [7, 11) is 0. The van der Waals surface area contributed by atoms with Gasteiger partial charge in [-0.05, 0) is 37.3 Å². The summed E-state index contributed by atoms with van der Waals surface area (Å²) in [6.45, 7) is 1.85. The van der Waals surface area contributed by atoms with Crippen LogP contribution >= 0.6 is 11.6 Å². The lowest BCUT2D eigenvalue weighted by Gasteiger charge is -2.01. The van der Waals surface area contributed by atoms with Crippen molar-refractivity contribution in [3.63, 3.8) is 0 Å². The van der Waals surface area contributed by atoms with E-state index in [-0.39, 0.29) is 0 Å². The van der Waals surface area contributed by atoms with Crippen LogP contribution in [0.25, 0.3) is 22.1 Å². The van der Waals surface area contributed by atoms with Crippen LogP contribution in [-0.2, 0) is 0 Å². The van der Waals surface area contributed by atoms with E-state index in [4.69, 9.17) is 11.6 Å². The van der Waals surface area contributed by atoms with Crippen molar-refractivity contribution in [1.82, 2.24) is 25.1 Å². The molecule has 0 aliphatic heterocycles. The molecule has 3 aromatic heterocycles. The lowest BCUT2D eigenvalue weighted by molar-refractivity contribution is 1.01. The van der Waals surface area contributed by atoms with Gasteiger partial charge in [-0.3, -0.25) is 4.98 Å². The summed E-state index contributed by atoms with van der Waals surface area (Å²) >= 11 is 6.01. The standard InChI is InChI=1S/C16H12ClN7/c1-9(12-4-2-3-7-18-12)21-23-16-20-15-14(22-24-16)11-6-5-10(17)8-13(11)19-15/h2-8H,1H3,(H2,19,20,23,24). The van der Waals surface area contributed by atoms with Crippen LogP contribution in [0, 0.1) is 0 Å². The third kappa shape index (κ3) is 2.65. The molecule has 0 fully saturated rings. The van der Waals surface area contributed by atoms with Gasteiger partial charge in [0.25, 0.3) is 5.95 Å². The van der Waals surface area contributed by atoms with E-state index in [9.17, 15) is 0 Å². The number of pyridine rings is 1. The van der Waals surface area contributed by atoms with Crippen LogP contribution in [0.3, 0.4) is 0 Å². The number of hydrogen-bond donors (Lipinski definition) is 2. The Kier molecular flexibility index (Phi) is 3.55. The van der Waals surface area contributed by atoms with Crippen LogP contribution < -0.4 is 5.43 Å². The average molecular weight is 338 g/mol. The third-order valence-corrected chi connectivity index (χ3v) is 3.77. The maximum atomic E-state index is 6.01. The molecule has 24 heavy (non-hydrogen) atoms. The van der Waals surface area contributed by atoms with Gasteiger partial charge in [-0.2, -0.15) is 10.1 Å². The molecule has 7 nitrogen and oxygen atoms in total. The van der Waals surface area contributed by atoms with Crippen LogP contribution in [0.1, 0.15) is 12.6 Å². The molecule has 118 valence electrons. The number of halogens is 1. The summed E-state index contributed by atoms with van der Waals surface area (Å²) in [6, 6.07) is 11.2. The van der Waals surface area contributed by atoms with Crippen molar-refractivity contribution >= 4 is 45.3 Å². The van der Waals surface area contributed by atoms with E-state index in [1.165, 1.54) is 0 Å². The Morgan fingerprint density at radius 2 is 2.12 bits per heavy atom. The predicted octanol–water partition coefficient (Wildman–Crippen LogP) is 3.39. The van der Waals surface area contributed by atoms with Crippen molar-refractivity contribution in [3.05, 3.63) is 53.3 Å². The Bertz CT molecular complexity index is 1060. The minimum absolute atomic E-state index is 0.301. The lowest BCUT2D eigenvalue weighted by atomic mass is 10.2. The minimum atomic E-state index is 0.301. The van der Waals surface area contributed by atoms with Gasteiger partial charge in [-0.25, -0.2) is 5.43 Å². The van der Waals surface area contributed by atoms with E-state index in [0.29, 0.717) is 22.1 Å². The van der Waals surface area contributed by atoms with Gasteiger partial charge in [0.1, 0.15) is 5.52 Å². The zero-order chi connectivity index (χ0) is 16.5. The van der Waals surface area contributed by atoms with Crippen molar-refractivity contribution in [2.75, 3.05) is 5.43 Å². The Morgan fingerprint density at radius 3 is 2.96 bits per heavy atom. The van der Waals surface area contributed by atoms with Crippen molar-refractivity contribution in [2.24, 2.45) is 5.10 Å². The highest BCUT2D eigenvalue weighted by Gasteiger charge is 2.09. The molecule has 0 aliphatic carbocycles. The summed E-state index contributed by atoms with van der Waals surface area (Å²) in [4.78, 5) is 11.8. The molecule has 0 bridgehead atoms. The van der Waals surface area contributed by atoms with Gasteiger partial charge in [-0.15, -0.1) is 10.2 Å². The number of H-pyrrole nitrogens is 1. The normalized spacial score (nSPS) is 12.0. The molecule has 0 atom stereocenters. The van der Waals surface area contributed by atoms with Gasteiger partial charge in [0.2, 0.25) is 0 Å². The first kappa shape index (κ1) is 14.5. The Balaban J connectivity index is 1.67. The first-order valence-electron chi connectivity index (χ1n) is 7.24. The van der Waals surface area contributed by atoms with Crippen LogP contribution in [0.15, 0.2) is 47.7 Å². The average Bonchev–Trinajstić information content (AvgIpc) is 2.96.